The van der Waals surface area contributed by atoms with E-state index in [4.69, 9.17) is 13.9 Å². The largest absolute Gasteiger partial charge is 0.497 e. The Hall–Kier alpha value is -3.73. The van der Waals surface area contributed by atoms with E-state index in [-0.39, 0.29) is 19.2 Å². The third kappa shape index (κ3) is 5.20. The van der Waals surface area contributed by atoms with E-state index < -0.39 is 5.97 Å². The highest BCUT2D eigenvalue weighted by molar-refractivity contribution is 7.99. The highest BCUT2D eigenvalue weighted by Gasteiger charge is 2.25. The average Bonchev–Trinajstić information content (AvgIpc) is 3.48. The molecule has 10 nitrogen and oxygen atoms in total. The first-order chi connectivity index (χ1) is 16.1. The quantitative estimate of drug-likeness (QED) is 0.363. The lowest BCUT2D eigenvalue weighted by atomic mass is 10.2. The maximum absolute atomic E-state index is 12.3. The molecule has 1 aliphatic rings. The van der Waals surface area contributed by atoms with Crippen LogP contribution in [0, 0.1) is 0 Å². The molecule has 0 saturated heterocycles. The van der Waals surface area contributed by atoms with E-state index in [2.05, 4.69) is 20.8 Å². The van der Waals surface area contributed by atoms with Gasteiger partial charge >= 0.3 is 12.0 Å². The van der Waals surface area contributed by atoms with Crippen molar-refractivity contribution in [3.05, 3.63) is 59.7 Å². The van der Waals surface area contributed by atoms with Gasteiger partial charge in [0.1, 0.15) is 11.5 Å². The van der Waals surface area contributed by atoms with E-state index in [1.54, 1.807) is 20.3 Å². The minimum atomic E-state index is -0.463. The van der Waals surface area contributed by atoms with Gasteiger partial charge in [0.2, 0.25) is 0 Å². The van der Waals surface area contributed by atoms with Gasteiger partial charge in [0, 0.05) is 17.0 Å². The summed E-state index contributed by atoms with van der Waals surface area (Å²) in [5.41, 5.74) is 1.70. The van der Waals surface area contributed by atoms with Crippen molar-refractivity contribution in [3.8, 4) is 17.1 Å². The lowest BCUT2D eigenvalue weighted by Gasteiger charge is -2.21. The fourth-order valence-electron chi connectivity index (χ4n) is 3.28. The molecule has 0 atom stereocenters. The summed E-state index contributed by atoms with van der Waals surface area (Å²) in [7, 11) is 1.61. The zero-order valence-electron chi connectivity index (χ0n) is 18.2. The fourth-order valence-corrected chi connectivity index (χ4v) is 4.20. The first-order valence-corrected chi connectivity index (χ1v) is 11.2. The van der Waals surface area contributed by atoms with E-state index in [1.165, 1.54) is 11.8 Å². The first-order valence-electron chi connectivity index (χ1n) is 10.3. The third-order valence-corrected chi connectivity index (χ3v) is 5.85. The number of methoxy groups -OCH3 is 1. The predicted molar refractivity (Wildman–Crippen MR) is 121 cm³/mol. The van der Waals surface area contributed by atoms with E-state index >= 15 is 0 Å². The first kappa shape index (κ1) is 22.5. The molecular formula is C22H23N5O5S. The molecule has 0 spiro atoms. The Bertz CT molecular complexity index is 1170. The molecule has 0 fully saturated rings. The number of thioether (sulfide) groups is 1. The van der Waals surface area contributed by atoms with Crippen molar-refractivity contribution in [1.82, 2.24) is 25.4 Å². The summed E-state index contributed by atoms with van der Waals surface area (Å²) < 4.78 is 17.9. The van der Waals surface area contributed by atoms with Gasteiger partial charge in [0.05, 0.1) is 38.6 Å². The summed E-state index contributed by atoms with van der Waals surface area (Å²) in [6.45, 7) is 2.50. The number of nitrogens with one attached hydrogen (secondary N) is 2. The number of nitrogens with zero attached hydrogens (tertiary/aromatic N) is 3. The van der Waals surface area contributed by atoms with Crippen LogP contribution in [0.5, 0.6) is 5.75 Å². The molecular weight excluding hydrogens is 446 g/mol. The summed E-state index contributed by atoms with van der Waals surface area (Å²) in [6, 6.07) is 10.9. The third-order valence-electron chi connectivity index (χ3n) is 4.86. The molecule has 0 radical (unpaired) electrons. The topological polar surface area (TPSA) is 121 Å². The second kappa shape index (κ2) is 10.3. The summed E-state index contributed by atoms with van der Waals surface area (Å²) >= 11 is 1.35. The van der Waals surface area contributed by atoms with Crippen LogP contribution in [0.1, 0.15) is 12.7 Å². The van der Waals surface area contributed by atoms with Crippen LogP contribution in [0.4, 0.5) is 4.79 Å². The Kier molecular flexibility index (Phi) is 6.98. The van der Waals surface area contributed by atoms with Crippen LogP contribution in [-0.4, -0.2) is 52.8 Å². The second-order valence-electron chi connectivity index (χ2n) is 6.98. The maximum Gasteiger partial charge on any atom is 0.337 e. The van der Waals surface area contributed by atoms with Gasteiger partial charge in [-0.15, -0.1) is 10.2 Å². The van der Waals surface area contributed by atoms with Gasteiger partial charge in [0.15, 0.2) is 11.0 Å². The zero-order valence-corrected chi connectivity index (χ0v) is 19.0. The van der Waals surface area contributed by atoms with Gasteiger partial charge in [-0.05, 0) is 31.2 Å². The Morgan fingerprint density at radius 3 is 2.91 bits per heavy atom. The minimum Gasteiger partial charge on any atom is -0.497 e. The summed E-state index contributed by atoms with van der Waals surface area (Å²) in [6.07, 6.45) is 1.61. The molecule has 0 unspecified atom stereocenters. The monoisotopic (exact) mass is 469 g/mol. The van der Waals surface area contributed by atoms with Crippen LogP contribution in [0.3, 0.4) is 0 Å². The van der Waals surface area contributed by atoms with Crippen molar-refractivity contribution < 1.29 is 23.5 Å². The molecule has 2 aromatic heterocycles. The molecule has 3 heterocycles. The second-order valence-corrected chi connectivity index (χ2v) is 7.92. The lowest BCUT2D eigenvalue weighted by molar-refractivity contribution is -0.138. The number of furan rings is 1. The van der Waals surface area contributed by atoms with Gasteiger partial charge < -0.3 is 24.5 Å². The number of hydrogen-bond acceptors (Lipinski definition) is 8. The highest BCUT2D eigenvalue weighted by atomic mass is 32.2. The van der Waals surface area contributed by atoms with E-state index in [9.17, 15) is 9.59 Å². The normalized spacial score (nSPS) is 13.5. The molecule has 1 aliphatic heterocycles. The SMILES string of the molecule is CCOC(=O)C1=C(CSc2nnc(-c3cccc(OC)c3)n2Cc2ccco2)NC(=O)NC1. The number of benzene rings is 1. The van der Waals surface area contributed by atoms with Crippen molar-refractivity contribution >= 4 is 23.8 Å². The lowest BCUT2D eigenvalue weighted by Crippen LogP contribution is -2.44. The Labute approximate surface area is 194 Å². The number of rotatable bonds is 9. The van der Waals surface area contributed by atoms with Gasteiger partial charge in [-0.3, -0.25) is 4.57 Å². The number of hydrogen-bond donors (Lipinski definition) is 2. The fraction of sp³-hybridized carbons (Fsp3) is 0.273. The summed E-state index contributed by atoms with van der Waals surface area (Å²) in [4.78, 5) is 24.2. The van der Waals surface area contributed by atoms with Crippen LogP contribution in [-0.2, 0) is 16.1 Å². The number of amides is 2. The highest BCUT2D eigenvalue weighted by Crippen LogP contribution is 2.29. The molecule has 0 bridgehead atoms. The maximum atomic E-state index is 12.3. The predicted octanol–water partition coefficient (Wildman–Crippen LogP) is 2.82. The molecule has 3 aromatic rings. The number of carbonyl (C=O) groups is 2. The smallest absolute Gasteiger partial charge is 0.337 e. The summed E-state index contributed by atoms with van der Waals surface area (Å²) in [5.74, 6) is 1.92. The Morgan fingerprint density at radius 1 is 1.27 bits per heavy atom. The van der Waals surface area contributed by atoms with Gasteiger partial charge in [-0.25, -0.2) is 9.59 Å². The molecule has 2 amide bonds. The number of esters is 1. The van der Waals surface area contributed by atoms with Gasteiger partial charge in [0.25, 0.3) is 0 Å². The molecule has 1 aromatic carbocycles. The molecule has 4 rings (SSSR count). The van der Waals surface area contributed by atoms with Crippen LogP contribution in [0.2, 0.25) is 0 Å². The molecule has 11 heteroatoms. The average molecular weight is 470 g/mol. The van der Waals surface area contributed by atoms with Crippen LogP contribution in [0.15, 0.2) is 63.5 Å². The van der Waals surface area contributed by atoms with Gasteiger partial charge in [-0.2, -0.15) is 0 Å². The van der Waals surface area contributed by atoms with Crippen LogP contribution in [0.25, 0.3) is 11.4 Å². The van der Waals surface area contributed by atoms with Crippen molar-refractivity contribution in [2.45, 2.75) is 18.6 Å². The molecule has 2 N–H and O–H groups in total. The number of aromatic nitrogens is 3. The number of urea groups is 1. The van der Waals surface area contributed by atoms with Crippen LogP contribution >= 0.6 is 11.8 Å². The van der Waals surface area contributed by atoms with Crippen molar-refractivity contribution in [2.75, 3.05) is 26.0 Å². The van der Waals surface area contributed by atoms with Crippen molar-refractivity contribution in [2.24, 2.45) is 0 Å². The molecule has 33 heavy (non-hydrogen) atoms. The zero-order chi connectivity index (χ0) is 23.2. The standard InChI is InChI=1S/C22H23N5O5S/c1-3-31-20(28)17-11-23-21(29)24-18(17)13-33-22-26-25-19(14-6-4-7-15(10-14)30-2)27(22)12-16-8-5-9-32-16/h4-10H,3,11-13H2,1-2H3,(H2,23,24,29). The van der Waals surface area contributed by atoms with E-state index in [0.717, 1.165) is 11.3 Å². The van der Waals surface area contributed by atoms with Crippen LogP contribution < -0.4 is 15.4 Å². The van der Waals surface area contributed by atoms with Crippen molar-refractivity contribution in [1.29, 1.82) is 0 Å². The van der Waals surface area contributed by atoms with E-state index in [0.29, 0.717) is 40.3 Å². The molecule has 0 aliphatic carbocycles. The van der Waals surface area contributed by atoms with Crippen molar-refractivity contribution in [3.63, 3.8) is 0 Å². The summed E-state index contributed by atoms with van der Waals surface area (Å²) in [5, 5.41) is 14.7. The Morgan fingerprint density at radius 2 is 2.15 bits per heavy atom. The Balaban J connectivity index is 1.65. The molecule has 0 saturated carbocycles. The van der Waals surface area contributed by atoms with Gasteiger partial charge in [-0.1, -0.05) is 23.9 Å². The van der Waals surface area contributed by atoms with E-state index in [1.807, 2.05) is 41.0 Å². The number of ether oxygens (including phenoxy) is 2. The number of carbonyl (C=O) groups excluding carboxylic acids is 2. The minimum absolute atomic E-state index is 0.106. The molecule has 172 valence electrons.